The molecule has 8 heteroatoms. The molecule has 5 nitrogen and oxygen atoms in total. The van der Waals surface area contributed by atoms with E-state index in [4.69, 9.17) is 4.74 Å². The zero-order chi connectivity index (χ0) is 17.6. The van der Waals surface area contributed by atoms with Crippen molar-refractivity contribution in [3.63, 3.8) is 0 Å². The number of nitrogens with zero attached hydrogens (tertiary/aromatic N) is 1. The summed E-state index contributed by atoms with van der Waals surface area (Å²) in [4.78, 5) is 15.9. The molecule has 2 aromatic rings. The molecular formula is C16H16F3N3O2. The molecule has 0 saturated heterocycles. The van der Waals surface area contributed by atoms with Crippen molar-refractivity contribution in [1.29, 1.82) is 0 Å². The number of rotatable bonds is 6. The lowest BCUT2D eigenvalue weighted by Crippen LogP contribution is -2.27. The highest BCUT2D eigenvalue weighted by molar-refractivity contribution is 5.93. The van der Waals surface area contributed by atoms with Crippen LogP contribution in [0.2, 0.25) is 0 Å². The lowest BCUT2D eigenvalue weighted by atomic mass is 10.2. The lowest BCUT2D eigenvalue weighted by molar-refractivity contribution is -0.137. The van der Waals surface area contributed by atoms with Gasteiger partial charge in [-0.2, -0.15) is 13.2 Å². The van der Waals surface area contributed by atoms with Gasteiger partial charge in [0.1, 0.15) is 5.69 Å². The quantitative estimate of drug-likeness (QED) is 0.793. The molecule has 0 fully saturated rings. The van der Waals surface area contributed by atoms with Crippen LogP contribution in [0.25, 0.3) is 0 Å². The molecule has 1 aromatic heterocycles. The van der Waals surface area contributed by atoms with E-state index >= 15 is 0 Å². The van der Waals surface area contributed by atoms with Gasteiger partial charge in [-0.15, -0.1) is 0 Å². The van der Waals surface area contributed by atoms with Crippen LogP contribution in [0.1, 0.15) is 16.1 Å². The maximum absolute atomic E-state index is 12.5. The zero-order valence-electron chi connectivity index (χ0n) is 12.9. The highest BCUT2D eigenvalue weighted by Crippen LogP contribution is 2.30. The summed E-state index contributed by atoms with van der Waals surface area (Å²) in [5.41, 5.74) is 0.491. The third kappa shape index (κ3) is 4.95. The average molecular weight is 339 g/mol. The number of nitrogens with one attached hydrogen (secondary N) is 2. The van der Waals surface area contributed by atoms with Gasteiger partial charge in [0.2, 0.25) is 0 Å². The number of hydrogen-bond donors (Lipinski definition) is 2. The fourth-order valence-electron chi connectivity index (χ4n) is 1.90. The van der Waals surface area contributed by atoms with Crippen LogP contribution in [0.15, 0.2) is 42.6 Å². The van der Waals surface area contributed by atoms with Crippen LogP contribution in [0.5, 0.6) is 0 Å². The number of methoxy groups -OCH3 is 1. The number of aromatic nitrogens is 1. The van der Waals surface area contributed by atoms with Crippen LogP contribution in [-0.4, -0.2) is 31.2 Å². The second-order valence-electron chi connectivity index (χ2n) is 4.88. The lowest BCUT2D eigenvalue weighted by Gasteiger charge is -2.10. The number of hydrogen-bond acceptors (Lipinski definition) is 4. The fraction of sp³-hybridized carbons (Fsp3) is 0.250. The molecule has 2 N–H and O–H groups in total. The Hall–Kier alpha value is -2.61. The minimum Gasteiger partial charge on any atom is -0.383 e. The van der Waals surface area contributed by atoms with Crippen molar-refractivity contribution in [2.75, 3.05) is 25.6 Å². The van der Waals surface area contributed by atoms with Gasteiger partial charge in [-0.1, -0.05) is 0 Å². The molecule has 0 aliphatic rings. The monoisotopic (exact) mass is 339 g/mol. The number of carbonyl (C=O) groups excluding carboxylic acids is 1. The molecule has 1 aromatic carbocycles. The Morgan fingerprint density at radius 1 is 1.17 bits per heavy atom. The van der Waals surface area contributed by atoms with E-state index in [1.165, 1.54) is 31.5 Å². The SMILES string of the molecule is COCCNC(=O)c1cc(Nc2ccc(C(F)(F)F)cc2)ccn1. The summed E-state index contributed by atoms with van der Waals surface area (Å²) in [6, 6.07) is 7.75. The zero-order valence-corrected chi connectivity index (χ0v) is 12.9. The fourth-order valence-corrected chi connectivity index (χ4v) is 1.90. The first kappa shape index (κ1) is 17.7. The van der Waals surface area contributed by atoms with Crippen LogP contribution in [0, 0.1) is 0 Å². The smallest absolute Gasteiger partial charge is 0.383 e. The molecule has 1 amide bonds. The number of amides is 1. The number of anilines is 2. The molecule has 0 spiro atoms. The summed E-state index contributed by atoms with van der Waals surface area (Å²) >= 11 is 0. The predicted molar refractivity (Wildman–Crippen MR) is 83.2 cm³/mol. The number of halogens is 3. The molecule has 0 aliphatic carbocycles. The second-order valence-corrected chi connectivity index (χ2v) is 4.88. The van der Waals surface area contributed by atoms with E-state index in [-0.39, 0.29) is 11.6 Å². The van der Waals surface area contributed by atoms with E-state index < -0.39 is 11.7 Å². The summed E-state index contributed by atoms with van der Waals surface area (Å²) in [6.45, 7) is 0.739. The number of pyridine rings is 1. The van der Waals surface area contributed by atoms with Gasteiger partial charge in [0.15, 0.2) is 0 Å². The highest BCUT2D eigenvalue weighted by atomic mass is 19.4. The average Bonchev–Trinajstić information content (AvgIpc) is 2.55. The van der Waals surface area contributed by atoms with Crippen LogP contribution < -0.4 is 10.6 Å². The van der Waals surface area contributed by atoms with Crippen molar-refractivity contribution >= 4 is 17.3 Å². The van der Waals surface area contributed by atoms with Gasteiger partial charge in [-0.05, 0) is 36.4 Å². The van der Waals surface area contributed by atoms with E-state index in [1.54, 1.807) is 6.07 Å². The molecule has 0 saturated carbocycles. The minimum atomic E-state index is -4.37. The number of alkyl halides is 3. The van der Waals surface area contributed by atoms with E-state index in [0.717, 1.165) is 12.1 Å². The standard InChI is InChI=1S/C16H16F3N3O2/c1-24-9-8-21-15(23)14-10-13(6-7-20-14)22-12-4-2-11(3-5-12)16(17,18)19/h2-7,10H,8-9H2,1H3,(H,20,22)(H,21,23). The second kappa shape index (κ2) is 7.78. The largest absolute Gasteiger partial charge is 0.416 e. The summed E-state index contributed by atoms with van der Waals surface area (Å²) in [7, 11) is 1.53. The van der Waals surface area contributed by atoms with Gasteiger partial charge >= 0.3 is 6.18 Å². The van der Waals surface area contributed by atoms with Gasteiger partial charge in [0, 0.05) is 31.2 Å². The molecule has 0 radical (unpaired) electrons. The van der Waals surface area contributed by atoms with Gasteiger partial charge in [-0.25, -0.2) is 0 Å². The predicted octanol–water partition coefficient (Wildman–Crippen LogP) is 3.22. The molecule has 2 rings (SSSR count). The van der Waals surface area contributed by atoms with Crippen LogP contribution >= 0.6 is 0 Å². The number of carbonyl (C=O) groups is 1. The first-order valence-corrected chi connectivity index (χ1v) is 7.07. The number of ether oxygens (including phenoxy) is 1. The molecular weight excluding hydrogens is 323 g/mol. The third-order valence-corrected chi connectivity index (χ3v) is 3.09. The maximum atomic E-state index is 12.5. The molecule has 24 heavy (non-hydrogen) atoms. The first-order valence-electron chi connectivity index (χ1n) is 7.07. The topological polar surface area (TPSA) is 63.2 Å². The van der Waals surface area contributed by atoms with Crippen molar-refractivity contribution in [1.82, 2.24) is 10.3 Å². The molecule has 0 bridgehead atoms. The molecule has 0 aliphatic heterocycles. The Kier molecular flexibility index (Phi) is 5.75. The number of benzene rings is 1. The van der Waals surface area contributed by atoms with Gasteiger partial charge in [-0.3, -0.25) is 9.78 Å². The van der Waals surface area contributed by atoms with E-state index in [0.29, 0.717) is 24.5 Å². The van der Waals surface area contributed by atoms with Crippen molar-refractivity contribution in [2.45, 2.75) is 6.18 Å². The Labute approximate surface area is 136 Å². The van der Waals surface area contributed by atoms with Crippen molar-refractivity contribution < 1.29 is 22.7 Å². The molecule has 128 valence electrons. The highest BCUT2D eigenvalue weighted by Gasteiger charge is 2.29. The summed E-state index contributed by atoms with van der Waals surface area (Å²) in [5, 5.41) is 5.57. The minimum absolute atomic E-state index is 0.197. The molecule has 0 atom stereocenters. The van der Waals surface area contributed by atoms with Gasteiger partial charge in [0.05, 0.1) is 12.2 Å². The molecule has 1 heterocycles. The van der Waals surface area contributed by atoms with E-state index in [9.17, 15) is 18.0 Å². The van der Waals surface area contributed by atoms with Crippen molar-refractivity contribution in [3.8, 4) is 0 Å². The van der Waals surface area contributed by atoms with Crippen molar-refractivity contribution in [2.24, 2.45) is 0 Å². The summed E-state index contributed by atoms with van der Waals surface area (Å²) < 4.78 is 42.4. The van der Waals surface area contributed by atoms with E-state index in [1.807, 2.05) is 0 Å². The van der Waals surface area contributed by atoms with E-state index in [2.05, 4.69) is 15.6 Å². The molecule has 0 unspecified atom stereocenters. The summed E-state index contributed by atoms with van der Waals surface area (Å²) in [6.07, 6.45) is -2.93. The third-order valence-electron chi connectivity index (χ3n) is 3.09. The Bertz CT molecular complexity index is 688. The maximum Gasteiger partial charge on any atom is 0.416 e. The van der Waals surface area contributed by atoms with Crippen molar-refractivity contribution in [3.05, 3.63) is 53.9 Å². The Morgan fingerprint density at radius 2 is 1.88 bits per heavy atom. The normalized spacial score (nSPS) is 11.2. The van der Waals surface area contributed by atoms with Crippen LogP contribution in [-0.2, 0) is 10.9 Å². The van der Waals surface area contributed by atoms with Crippen LogP contribution in [0.4, 0.5) is 24.5 Å². The van der Waals surface area contributed by atoms with Gasteiger partial charge < -0.3 is 15.4 Å². The Balaban J connectivity index is 2.05. The Morgan fingerprint density at radius 3 is 2.50 bits per heavy atom. The summed E-state index contributed by atoms with van der Waals surface area (Å²) in [5.74, 6) is -0.358. The first-order chi connectivity index (χ1) is 11.4. The van der Waals surface area contributed by atoms with Gasteiger partial charge in [0.25, 0.3) is 5.91 Å². The van der Waals surface area contributed by atoms with Crippen LogP contribution in [0.3, 0.4) is 0 Å².